The molecule has 6 nitrogen and oxygen atoms in total. The van der Waals surface area contributed by atoms with Crippen LogP contribution in [0.1, 0.15) is 19.8 Å². The van der Waals surface area contributed by atoms with Gasteiger partial charge in [0, 0.05) is 43.8 Å². The molecule has 25 heavy (non-hydrogen) atoms. The molecule has 0 unspecified atom stereocenters. The third kappa shape index (κ3) is 4.81. The van der Waals surface area contributed by atoms with Gasteiger partial charge in [0.05, 0.1) is 12.5 Å². The Balaban J connectivity index is 2.10. The summed E-state index contributed by atoms with van der Waals surface area (Å²) < 4.78 is 0.886. The van der Waals surface area contributed by atoms with Crippen molar-refractivity contribution in [2.24, 2.45) is 5.92 Å². The Kier molecular flexibility index (Phi) is 6.58. The molecule has 1 aliphatic rings. The summed E-state index contributed by atoms with van der Waals surface area (Å²) in [6, 6.07) is 7.47. The maximum Gasteiger partial charge on any atom is 0.241 e. The molecule has 1 aliphatic heterocycles. The lowest BCUT2D eigenvalue weighted by Gasteiger charge is -2.26. The van der Waals surface area contributed by atoms with Crippen LogP contribution in [0.4, 0.5) is 5.69 Å². The molecular weight excluding hydrogens is 386 g/mol. The maximum atomic E-state index is 12.8. The maximum absolute atomic E-state index is 12.8. The second-order valence-electron chi connectivity index (χ2n) is 6.43. The summed E-state index contributed by atoms with van der Waals surface area (Å²) in [5, 5.41) is 0. The number of benzene rings is 1. The largest absolute Gasteiger partial charge is 0.347 e. The van der Waals surface area contributed by atoms with Crippen molar-refractivity contribution < 1.29 is 14.4 Å². The van der Waals surface area contributed by atoms with Crippen LogP contribution >= 0.6 is 15.9 Å². The van der Waals surface area contributed by atoms with E-state index in [1.165, 1.54) is 4.90 Å². The fourth-order valence-corrected chi connectivity index (χ4v) is 3.25. The molecule has 1 heterocycles. The number of rotatable bonds is 6. The van der Waals surface area contributed by atoms with Crippen LogP contribution in [0.2, 0.25) is 0 Å². The molecule has 0 saturated carbocycles. The van der Waals surface area contributed by atoms with E-state index in [1.807, 2.05) is 31.2 Å². The van der Waals surface area contributed by atoms with Crippen LogP contribution in [0.25, 0.3) is 0 Å². The van der Waals surface area contributed by atoms with Crippen molar-refractivity contribution in [2.45, 2.75) is 19.8 Å². The van der Waals surface area contributed by atoms with Crippen molar-refractivity contribution in [1.82, 2.24) is 9.80 Å². The predicted molar refractivity (Wildman–Crippen MR) is 100 cm³/mol. The van der Waals surface area contributed by atoms with Crippen LogP contribution in [0.5, 0.6) is 0 Å². The average molecular weight is 410 g/mol. The number of hydrogen-bond acceptors (Lipinski definition) is 3. The quantitative estimate of drug-likeness (QED) is 0.722. The highest BCUT2D eigenvalue weighted by molar-refractivity contribution is 9.10. The third-order valence-corrected chi connectivity index (χ3v) is 4.72. The van der Waals surface area contributed by atoms with Gasteiger partial charge in [-0.15, -0.1) is 0 Å². The van der Waals surface area contributed by atoms with Gasteiger partial charge in [-0.2, -0.15) is 0 Å². The highest BCUT2D eigenvalue weighted by Gasteiger charge is 2.37. The molecule has 1 fully saturated rings. The molecule has 2 rings (SSSR count). The zero-order chi connectivity index (χ0) is 18.6. The highest BCUT2D eigenvalue weighted by atomic mass is 79.9. The van der Waals surface area contributed by atoms with Gasteiger partial charge in [0.2, 0.25) is 17.7 Å². The van der Waals surface area contributed by atoms with E-state index in [2.05, 4.69) is 15.9 Å². The predicted octanol–water partition coefficient (Wildman–Crippen LogP) is 2.13. The lowest BCUT2D eigenvalue weighted by atomic mass is 10.1. The lowest BCUT2D eigenvalue weighted by molar-refractivity contribution is -0.141. The minimum Gasteiger partial charge on any atom is -0.347 e. The minimum absolute atomic E-state index is 0.0568. The zero-order valence-corrected chi connectivity index (χ0v) is 16.5. The average Bonchev–Trinajstić information content (AvgIpc) is 2.95. The fourth-order valence-electron chi connectivity index (χ4n) is 2.87. The first kappa shape index (κ1) is 19.4. The van der Waals surface area contributed by atoms with Crippen LogP contribution in [-0.4, -0.2) is 61.3 Å². The third-order valence-electron chi connectivity index (χ3n) is 4.22. The second kappa shape index (κ2) is 8.47. The first-order chi connectivity index (χ1) is 11.8. The van der Waals surface area contributed by atoms with Crippen molar-refractivity contribution in [3.05, 3.63) is 28.7 Å². The number of anilines is 1. The summed E-state index contributed by atoms with van der Waals surface area (Å²) in [7, 11) is 3.34. The van der Waals surface area contributed by atoms with Crippen molar-refractivity contribution >= 4 is 39.3 Å². The van der Waals surface area contributed by atoms with E-state index in [1.54, 1.807) is 23.9 Å². The van der Waals surface area contributed by atoms with Gasteiger partial charge in [-0.05, 0) is 24.6 Å². The number of likely N-dealkylation sites (N-methyl/N-ethyl adjacent to an activating group) is 1. The van der Waals surface area contributed by atoms with Gasteiger partial charge in [0.1, 0.15) is 0 Å². The van der Waals surface area contributed by atoms with Gasteiger partial charge in [-0.25, -0.2) is 0 Å². The number of nitrogens with zero attached hydrogens (tertiary/aromatic N) is 3. The minimum atomic E-state index is -0.409. The van der Waals surface area contributed by atoms with Crippen LogP contribution in [-0.2, 0) is 14.4 Å². The van der Waals surface area contributed by atoms with Crippen molar-refractivity contribution in [1.29, 1.82) is 0 Å². The Morgan fingerprint density at radius 1 is 1.32 bits per heavy atom. The molecule has 7 heteroatoms. The van der Waals surface area contributed by atoms with Gasteiger partial charge in [-0.3, -0.25) is 14.4 Å². The molecular formula is C18H24BrN3O3. The Labute approximate surface area is 156 Å². The summed E-state index contributed by atoms with van der Waals surface area (Å²) in [4.78, 5) is 41.9. The molecule has 1 aromatic rings. The molecule has 1 aromatic carbocycles. The summed E-state index contributed by atoms with van der Waals surface area (Å²) in [6.45, 7) is 2.89. The fraction of sp³-hybridized carbons (Fsp3) is 0.500. The molecule has 0 aromatic heterocycles. The van der Waals surface area contributed by atoms with E-state index in [-0.39, 0.29) is 30.7 Å². The molecule has 136 valence electrons. The molecule has 0 radical (unpaired) electrons. The standard InChI is InChI=1S/C18H24BrN3O3/c1-4-8-21(12-17(24)20(2)3)18(25)13-9-16(23)22(11-13)15-7-5-6-14(19)10-15/h5-7,10,13H,4,8-9,11-12H2,1-3H3/t13-/m0/s1. The molecule has 0 aliphatic carbocycles. The number of halogens is 1. The normalized spacial score (nSPS) is 16.9. The Morgan fingerprint density at radius 2 is 2.04 bits per heavy atom. The lowest BCUT2D eigenvalue weighted by Crippen LogP contribution is -2.44. The molecule has 0 N–H and O–H groups in total. The smallest absolute Gasteiger partial charge is 0.241 e. The topological polar surface area (TPSA) is 60.9 Å². The first-order valence-corrected chi connectivity index (χ1v) is 9.17. The molecule has 1 saturated heterocycles. The molecule has 3 amide bonds. The van der Waals surface area contributed by atoms with E-state index < -0.39 is 5.92 Å². The molecule has 0 bridgehead atoms. The van der Waals surface area contributed by atoms with Gasteiger partial charge >= 0.3 is 0 Å². The van der Waals surface area contributed by atoms with Crippen LogP contribution in [0, 0.1) is 5.92 Å². The Hall–Kier alpha value is -1.89. The number of hydrogen-bond donors (Lipinski definition) is 0. The van der Waals surface area contributed by atoms with Crippen molar-refractivity contribution in [3.8, 4) is 0 Å². The van der Waals surface area contributed by atoms with E-state index in [0.29, 0.717) is 13.1 Å². The Morgan fingerprint density at radius 3 is 2.64 bits per heavy atom. The first-order valence-electron chi connectivity index (χ1n) is 8.38. The Bertz CT molecular complexity index is 663. The SMILES string of the molecule is CCCN(CC(=O)N(C)C)C(=O)[C@H]1CC(=O)N(c2cccc(Br)c2)C1. The van der Waals surface area contributed by atoms with Gasteiger partial charge < -0.3 is 14.7 Å². The van der Waals surface area contributed by atoms with Crippen LogP contribution in [0.15, 0.2) is 28.7 Å². The summed E-state index contributed by atoms with van der Waals surface area (Å²) in [5.74, 6) is -0.710. The molecule has 1 atom stereocenters. The van der Waals surface area contributed by atoms with E-state index in [4.69, 9.17) is 0 Å². The number of carbonyl (C=O) groups excluding carboxylic acids is 3. The zero-order valence-electron chi connectivity index (χ0n) is 14.9. The van der Waals surface area contributed by atoms with Crippen molar-refractivity contribution in [3.63, 3.8) is 0 Å². The monoisotopic (exact) mass is 409 g/mol. The highest BCUT2D eigenvalue weighted by Crippen LogP contribution is 2.28. The van der Waals surface area contributed by atoms with Gasteiger partial charge in [0.15, 0.2) is 0 Å². The van der Waals surface area contributed by atoms with Crippen LogP contribution < -0.4 is 4.90 Å². The number of amides is 3. The molecule has 0 spiro atoms. The van der Waals surface area contributed by atoms with Crippen LogP contribution in [0.3, 0.4) is 0 Å². The van der Waals surface area contributed by atoms with Gasteiger partial charge in [0.25, 0.3) is 0 Å². The summed E-state index contributed by atoms with van der Waals surface area (Å²) in [5.41, 5.74) is 0.779. The van der Waals surface area contributed by atoms with Crippen molar-refractivity contribution in [2.75, 3.05) is 38.6 Å². The second-order valence-corrected chi connectivity index (χ2v) is 7.35. The summed E-state index contributed by atoms with van der Waals surface area (Å²) in [6.07, 6.45) is 0.949. The summed E-state index contributed by atoms with van der Waals surface area (Å²) >= 11 is 3.40. The van der Waals surface area contributed by atoms with E-state index >= 15 is 0 Å². The van der Waals surface area contributed by atoms with Gasteiger partial charge in [-0.1, -0.05) is 28.9 Å². The number of carbonyl (C=O) groups is 3. The van der Waals surface area contributed by atoms with E-state index in [9.17, 15) is 14.4 Å². The van der Waals surface area contributed by atoms with E-state index in [0.717, 1.165) is 16.6 Å².